The first-order valence-electron chi connectivity index (χ1n) is 10.4. The van der Waals surface area contributed by atoms with Crippen LogP contribution in [0.1, 0.15) is 85.0 Å². The molecule has 1 nitrogen and oxygen atoms in total. The average Bonchev–Trinajstić information content (AvgIpc) is 2.90. The molecule has 0 radical (unpaired) electrons. The summed E-state index contributed by atoms with van der Waals surface area (Å²) in [5, 5.41) is 0. The van der Waals surface area contributed by atoms with Crippen LogP contribution >= 0.6 is 0 Å². The summed E-state index contributed by atoms with van der Waals surface area (Å²) in [5.74, 6) is 3.00. The highest BCUT2D eigenvalue weighted by Crippen LogP contribution is 2.66. The molecule has 0 spiro atoms. The molecule has 0 N–H and O–H groups in total. The minimum Gasteiger partial charge on any atom is -0.295 e. The Morgan fingerprint density at radius 3 is 2.62 bits per heavy atom. The summed E-state index contributed by atoms with van der Waals surface area (Å²) in [6, 6.07) is 0. The van der Waals surface area contributed by atoms with Gasteiger partial charge in [0.2, 0.25) is 0 Å². The van der Waals surface area contributed by atoms with Crippen molar-refractivity contribution in [3.8, 4) is 0 Å². The summed E-state index contributed by atoms with van der Waals surface area (Å²) in [7, 11) is 0. The Hall–Kier alpha value is -0.850. The predicted octanol–water partition coefficient (Wildman–Crippen LogP) is 6.24. The van der Waals surface area contributed by atoms with Gasteiger partial charge in [-0.05, 0) is 86.0 Å². The highest BCUT2D eigenvalue weighted by molar-refractivity contribution is 5.91. The van der Waals surface area contributed by atoms with Gasteiger partial charge in [-0.15, -0.1) is 0 Å². The zero-order valence-electron chi connectivity index (χ0n) is 15.9. The van der Waals surface area contributed by atoms with Crippen LogP contribution in [0.5, 0.6) is 0 Å². The van der Waals surface area contributed by atoms with Gasteiger partial charge >= 0.3 is 0 Å². The lowest BCUT2D eigenvalue weighted by Crippen LogP contribution is -2.49. The first-order chi connectivity index (χ1) is 11.5. The third kappa shape index (κ3) is 2.30. The molecule has 0 heterocycles. The van der Waals surface area contributed by atoms with E-state index in [2.05, 4.69) is 26.8 Å². The third-order valence-electron chi connectivity index (χ3n) is 8.49. The van der Waals surface area contributed by atoms with Crippen LogP contribution in [0.4, 0.5) is 0 Å². The summed E-state index contributed by atoms with van der Waals surface area (Å²) in [6.07, 6.45) is 17.1. The van der Waals surface area contributed by atoms with E-state index in [0.29, 0.717) is 16.6 Å². The second-order valence-corrected chi connectivity index (χ2v) is 9.48. The van der Waals surface area contributed by atoms with E-state index in [1.807, 2.05) is 6.08 Å². The van der Waals surface area contributed by atoms with E-state index in [0.717, 1.165) is 30.6 Å². The minimum atomic E-state index is 0.327. The minimum absolute atomic E-state index is 0.327. The molecule has 4 aliphatic carbocycles. The van der Waals surface area contributed by atoms with Crippen molar-refractivity contribution in [1.29, 1.82) is 0 Å². The molecule has 24 heavy (non-hydrogen) atoms. The second-order valence-electron chi connectivity index (χ2n) is 9.48. The largest absolute Gasteiger partial charge is 0.295 e. The maximum Gasteiger partial charge on any atom is 0.155 e. The van der Waals surface area contributed by atoms with Crippen molar-refractivity contribution in [3.05, 3.63) is 23.3 Å². The van der Waals surface area contributed by atoms with Crippen molar-refractivity contribution in [1.82, 2.24) is 0 Å². The van der Waals surface area contributed by atoms with Crippen molar-refractivity contribution in [2.24, 2.45) is 28.6 Å². The normalized spacial score (nSPS) is 46.3. The standard InChI is InChI=1S/C23H34O/c1-4-5-6-16-8-10-20-19-9-7-17-15-18(24)11-13-23(17,3)21(19)12-14-22(16,20)2/h6,15,19-21H,4-5,7-14H2,1-3H3/b16-6-/t19?,20?,21?,22-,23+/m1/s1. The van der Waals surface area contributed by atoms with Crippen molar-refractivity contribution >= 4 is 5.78 Å². The van der Waals surface area contributed by atoms with Crippen LogP contribution in [0.3, 0.4) is 0 Å². The Morgan fingerprint density at radius 1 is 1.04 bits per heavy atom. The van der Waals surface area contributed by atoms with Gasteiger partial charge in [0.15, 0.2) is 5.78 Å². The van der Waals surface area contributed by atoms with Crippen molar-refractivity contribution in [2.75, 3.05) is 0 Å². The number of rotatable bonds is 2. The summed E-state index contributed by atoms with van der Waals surface area (Å²) >= 11 is 0. The smallest absolute Gasteiger partial charge is 0.155 e. The summed E-state index contributed by atoms with van der Waals surface area (Å²) in [6.45, 7) is 7.37. The zero-order valence-corrected chi connectivity index (χ0v) is 15.9. The fourth-order valence-corrected chi connectivity index (χ4v) is 7.06. The molecule has 0 aromatic carbocycles. The molecular weight excluding hydrogens is 292 g/mol. The van der Waals surface area contributed by atoms with Crippen molar-refractivity contribution < 1.29 is 4.79 Å². The maximum atomic E-state index is 11.9. The SMILES string of the molecule is CCC/C=C1/CCC2C3CCC4=CC(=O)CC[C@]4(C)C3CC[C@]12C. The molecule has 5 atom stereocenters. The van der Waals surface area contributed by atoms with Gasteiger partial charge in [0.1, 0.15) is 0 Å². The molecule has 3 saturated carbocycles. The van der Waals surface area contributed by atoms with Crippen LogP contribution in [-0.4, -0.2) is 5.78 Å². The lowest BCUT2D eigenvalue weighted by molar-refractivity contribution is -0.117. The molecule has 4 aliphatic rings. The summed E-state index contributed by atoms with van der Waals surface area (Å²) < 4.78 is 0. The zero-order chi connectivity index (χ0) is 16.9. The van der Waals surface area contributed by atoms with E-state index >= 15 is 0 Å². The van der Waals surface area contributed by atoms with Crippen LogP contribution in [-0.2, 0) is 4.79 Å². The fourth-order valence-electron chi connectivity index (χ4n) is 7.06. The topological polar surface area (TPSA) is 17.1 Å². The Kier molecular flexibility index (Phi) is 4.05. The molecule has 0 bridgehead atoms. The number of allylic oxidation sites excluding steroid dienone is 3. The number of carbonyl (C=O) groups excluding carboxylic acids is 1. The number of ketones is 1. The lowest BCUT2D eigenvalue weighted by atomic mass is 9.47. The summed E-state index contributed by atoms with van der Waals surface area (Å²) in [5.41, 5.74) is 4.10. The second kappa shape index (κ2) is 5.85. The molecule has 0 saturated heterocycles. The predicted molar refractivity (Wildman–Crippen MR) is 99.7 cm³/mol. The number of unbranched alkanes of at least 4 members (excludes halogenated alkanes) is 1. The molecule has 0 aromatic rings. The lowest BCUT2D eigenvalue weighted by Gasteiger charge is -2.57. The van der Waals surface area contributed by atoms with Gasteiger partial charge in [-0.2, -0.15) is 0 Å². The molecular formula is C23H34O. The summed E-state index contributed by atoms with van der Waals surface area (Å²) in [4.78, 5) is 11.9. The molecule has 0 amide bonds. The van der Waals surface area contributed by atoms with E-state index in [1.165, 1.54) is 56.9 Å². The molecule has 4 rings (SSSR count). The van der Waals surface area contributed by atoms with Gasteiger partial charge in [-0.25, -0.2) is 0 Å². The third-order valence-corrected chi connectivity index (χ3v) is 8.49. The Bertz CT molecular complexity index is 597. The molecule has 3 fully saturated rings. The molecule has 132 valence electrons. The highest BCUT2D eigenvalue weighted by atomic mass is 16.1. The van der Waals surface area contributed by atoms with Gasteiger partial charge in [-0.3, -0.25) is 4.79 Å². The maximum absolute atomic E-state index is 11.9. The van der Waals surface area contributed by atoms with E-state index in [-0.39, 0.29) is 0 Å². The number of carbonyl (C=O) groups is 1. The quantitative estimate of drug-likeness (QED) is 0.548. The first kappa shape index (κ1) is 16.6. The van der Waals surface area contributed by atoms with E-state index in [9.17, 15) is 4.79 Å². The van der Waals surface area contributed by atoms with Gasteiger partial charge in [0.05, 0.1) is 0 Å². The molecule has 0 aliphatic heterocycles. The van der Waals surface area contributed by atoms with E-state index in [1.54, 1.807) is 5.57 Å². The van der Waals surface area contributed by atoms with Gasteiger partial charge in [0, 0.05) is 6.42 Å². The van der Waals surface area contributed by atoms with E-state index < -0.39 is 0 Å². The number of fused-ring (bicyclic) bond motifs is 5. The van der Waals surface area contributed by atoms with Crippen molar-refractivity contribution in [2.45, 2.75) is 85.0 Å². The molecule has 0 aromatic heterocycles. The monoisotopic (exact) mass is 326 g/mol. The van der Waals surface area contributed by atoms with Crippen LogP contribution in [0.25, 0.3) is 0 Å². The van der Waals surface area contributed by atoms with Gasteiger partial charge in [-0.1, -0.05) is 44.4 Å². The van der Waals surface area contributed by atoms with E-state index in [4.69, 9.17) is 0 Å². The van der Waals surface area contributed by atoms with Crippen LogP contribution in [0.2, 0.25) is 0 Å². The van der Waals surface area contributed by atoms with Crippen LogP contribution in [0, 0.1) is 28.6 Å². The van der Waals surface area contributed by atoms with Crippen LogP contribution < -0.4 is 0 Å². The fraction of sp³-hybridized carbons (Fsp3) is 0.783. The Morgan fingerprint density at radius 2 is 1.83 bits per heavy atom. The number of hydrogen-bond acceptors (Lipinski definition) is 1. The molecule has 1 heteroatoms. The average molecular weight is 327 g/mol. The van der Waals surface area contributed by atoms with Gasteiger partial charge < -0.3 is 0 Å². The van der Waals surface area contributed by atoms with Crippen molar-refractivity contribution in [3.63, 3.8) is 0 Å². The van der Waals surface area contributed by atoms with Gasteiger partial charge in [0.25, 0.3) is 0 Å². The highest BCUT2D eigenvalue weighted by Gasteiger charge is 2.57. The Labute approximate surface area is 148 Å². The number of hydrogen-bond donors (Lipinski definition) is 0. The van der Waals surface area contributed by atoms with Crippen LogP contribution in [0.15, 0.2) is 23.3 Å². The molecule has 3 unspecified atom stereocenters. The first-order valence-corrected chi connectivity index (χ1v) is 10.4. The Balaban J connectivity index is 1.63.